The van der Waals surface area contributed by atoms with Crippen LogP contribution in [0.4, 0.5) is 0 Å². The lowest BCUT2D eigenvalue weighted by Gasteiger charge is -2.17. The van der Waals surface area contributed by atoms with Gasteiger partial charge < -0.3 is 14.8 Å². The Kier molecular flexibility index (Phi) is 8.40. The molecule has 0 heterocycles. The van der Waals surface area contributed by atoms with Gasteiger partial charge in [0.25, 0.3) is 0 Å². The maximum absolute atomic E-state index is 5.60. The lowest BCUT2D eigenvalue weighted by Crippen LogP contribution is -2.27. The molecule has 0 aliphatic heterocycles. The number of nitrogens with one attached hydrogen (secondary N) is 1. The highest BCUT2D eigenvalue weighted by Crippen LogP contribution is 2.02. The van der Waals surface area contributed by atoms with Crippen molar-refractivity contribution < 1.29 is 9.47 Å². The molecule has 0 radical (unpaired) electrons. The van der Waals surface area contributed by atoms with Crippen LogP contribution in [0.2, 0.25) is 0 Å². The highest BCUT2D eigenvalue weighted by atomic mass is 16.5. The lowest BCUT2D eigenvalue weighted by atomic mass is 10.1. The molecule has 0 saturated heterocycles. The summed E-state index contributed by atoms with van der Waals surface area (Å²) in [6.07, 6.45) is 2.37. The predicted octanol–water partition coefficient (Wildman–Crippen LogP) is 1.43. The van der Waals surface area contributed by atoms with Gasteiger partial charge in [-0.1, -0.05) is 0 Å². The van der Waals surface area contributed by atoms with Gasteiger partial charge in [0.1, 0.15) is 0 Å². The molecule has 3 nitrogen and oxygen atoms in total. The van der Waals surface area contributed by atoms with E-state index in [1.807, 2.05) is 7.05 Å². The molecular weight excluding hydrogens is 166 g/mol. The molecule has 2 unspecified atom stereocenters. The fourth-order valence-electron chi connectivity index (χ4n) is 1.17. The van der Waals surface area contributed by atoms with Crippen LogP contribution >= 0.6 is 0 Å². The van der Waals surface area contributed by atoms with Gasteiger partial charge in [0, 0.05) is 26.4 Å². The van der Waals surface area contributed by atoms with Crippen LogP contribution in [0.15, 0.2) is 0 Å². The van der Waals surface area contributed by atoms with Gasteiger partial charge in [-0.15, -0.1) is 0 Å². The fraction of sp³-hybridized carbons (Fsp3) is 1.00. The highest BCUT2D eigenvalue weighted by Gasteiger charge is 2.06. The summed E-state index contributed by atoms with van der Waals surface area (Å²) >= 11 is 0. The maximum Gasteiger partial charge on any atom is 0.0561 e. The molecule has 0 bridgehead atoms. The molecule has 0 saturated carbocycles. The Morgan fingerprint density at radius 1 is 1.23 bits per heavy atom. The number of hydrogen-bond donors (Lipinski definition) is 1. The Hall–Kier alpha value is -0.120. The zero-order valence-electron chi connectivity index (χ0n) is 9.30. The molecule has 0 fully saturated rings. The van der Waals surface area contributed by atoms with Crippen molar-refractivity contribution in [3.8, 4) is 0 Å². The van der Waals surface area contributed by atoms with Crippen molar-refractivity contribution in [3.63, 3.8) is 0 Å². The average Bonchev–Trinajstić information content (AvgIpc) is 2.12. The topological polar surface area (TPSA) is 30.5 Å². The van der Waals surface area contributed by atoms with Gasteiger partial charge in [-0.2, -0.15) is 0 Å². The monoisotopic (exact) mass is 189 g/mol. The third kappa shape index (κ3) is 8.22. The summed E-state index contributed by atoms with van der Waals surface area (Å²) in [5, 5.41) is 3.19. The van der Waals surface area contributed by atoms with Gasteiger partial charge in [0.15, 0.2) is 0 Å². The molecule has 0 rings (SSSR count). The van der Waals surface area contributed by atoms with E-state index in [9.17, 15) is 0 Å². The van der Waals surface area contributed by atoms with Crippen molar-refractivity contribution in [2.45, 2.75) is 38.8 Å². The molecule has 0 aliphatic rings. The molecule has 0 aromatic rings. The minimum absolute atomic E-state index is 0.333. The van der Waals surface area contributed by atoms with E-state index in [1.165, 1.54) is 0 Å². The molecule has 0 spiro atoms. The van der Waals surface area contributed by atoms with Gasteiger partial charge >= 0.3 is 0 Å². The molecule has 13 heavy (non-hydrogen) atoms. The molecule has 0 aromatic heterocycles. The van der Waals surface area contributed by atoms with Gasteiger partial charge in [-0.05, 0) is 33.7 Å². The summed E-state index contributed by atoms with van der Waals surface area (Å²) in [5.41, 5.74) is 0. The summed E-state index contributed by atoms with van der Waals surface area (Å²) in [6, 6.07) is 0.525. The largest absolute Gasteiger partial charge is 0.385 e. The second-order valence-corrected chi connectivity index (χ2v) is 3.45. The second kappa shape index (κ2) is 8.48. The average molecular weight is 189 g/mol. The third-order valence-corrected chi connectivity index (χ3v) is 2.07. The molecule has 3 heteroatoms. The first-order chi connectivity index (χ1) is 6.20. The summed E-state index contributed by atoms with van der Waals surface area (Å²) in [6.45, 7) is 5.86. The van der Waals surface area contributed by atoms with Crippen molar-refractivity contribution in [1.29, 1.82) is 0 Å². The van der Waals surface area contributed by atoms with E-state index in [1.54, 1.807) is 7.11 Å². The van der Waals surface area contributed by atoms with Crippen LogP contribution < -0.4 is 5.32 Å². The van der Waals surface area contributed by atoms with Crippen molar-refractivity contribution >= 4 is 0 Å². The quantitative estimate of drug-likeness (QED) is 0.586. The van der Waals surface area contributed by atoms with Crippen molar-refractivity contribution in [2.75, 3.05) is 27.4 Å². The summed E-state index contributed by atoms with van der Waals surface area (Å²) in [4.78, 5) is 0. The minimum Gasteiger partial charge on any atom is -0.385 e. The zero-order valence-corrected chi connectivity index (χ0v) is 9.30. The highest BCUT2D eigenvalue weighted by molar-refractivity contribution is 4.62. The molecular formula is C10H23NO2. The maximum atomic E-state index is 5.60. The number of ether oxygens (including phenoxy) is 2. The van der Waals surface area contributed by atoms with E-state index < -0.39 is 0 Å². The van der Waals surface area contributed by atoms with Crippen LogP contribution in [-0.2, 0) is 9.47 Å². The standard InChI is InChI=1S/C10H23NO2/c1-9(11-3)8-10(2)13-7-5-6-12-4/h9-11H,5-8H2,1-4H3. The van der Waals surface area contributed by atoms with Crippen LogP contribution in [0.1, 0.15) is 26.7 Å². The van der Waals surface area contributed by atoms with Crippen LogP contribution in [0.3, 0.4) is 0 Å². The first-order valence-electron chi connectivity index (χ1n) is 4.98. The number of hydrogen-bond acceptors (Lipinski definition) is 3. The zero-order chi connectivity index (χ0) is 10.1. The normalized spacial score (nSPS) is 15.7. The Labute approximate surface area is 81.8 Å². The summed E-state index contributed by atoms with van der Waals surface area (Å²) in [7, 11) is 3.69. The van der Waals surface area contributed by atoms with E-state index in [0.717, 1.165) is 26.1 Å². The van der Waals surface area contributed by atoms with Gasteiger partial charge in [0.2, 0.25) is 0 Å². The first kappa shape index (κ1) is 12.9. The SMILES string of the molecule is CNC(C)CC(C)OCCCOC. The van der Waals surface area contributed by atoms with E-state index in [4.69, 9.17) is 9.47 Å². The summed E-state index contributed by atoms with van der Waals surface area (Å²) in [5.74, 6) is 0. The van der Waals surface area contributed by atoms with Crippen LogP contribution in [0.25, 0.3) is 0 Å². The molecule has 0 amide bonds. The second-order valence-electron chi connectivity index (χ2n) is 3.45. The Morgan fingerprint density at radius 2 is 1.92 bits per heavy atom. The van der Waals surface area contributed by atoms with Gasteiger partial charge in [0.05, 0.1) is 6.10 Å². The first-order valence-corrected chi connectivity index (χ1v) is 4.98. The molecule has 0 aromatic carbocycles. The van der Waals surface area contributed by atoms with E-state index in [-0.39, 0.29) is 0 Å². The summed E-state index contributed by atoms with van der Waals surface area (Å²) < 4.78 is 10.5. The fourth-order valence-corrected chi connectivity index (χ4v) is 1.17. The van der Waals surface area contributed by atoms with Crippen LogP contribution in [0.5, 0.6) is 0 Å². The van der Waals surface area contributed by atoms with Crippen LogP contribution in [0, 0.1) is 0 Å². The van der Waals surface area contributed by atoms with E-state index >= 15 is 0 Å². The Morgan fingerprint density at radius 3 is 2.46 bits per heavy atom. The molecule has 0 aliphatic carbocycles. The lowest BCUT2D eigenvalue weighted by molar-refractivity contribution is 0.0412. The molecule has 1 N–H and O–H groups in total. The van der Waals surface area contributed by atoms with E-state index in [0.29, 0.717) is 12.1 Å². The van der Waals surface area contributed by atoms with Gasteiger partial charge in [-0.25, -0.2) is 0 Å². The van der Waals surface area contributed by atoms with Gasteiger partial charge in [-0.3, -0.25) is 0 Å². The third-order valence-electron chi connectivity index (χ3n) is 2.07. The molecule has 2 atom stereocenters. The predicted molar refractivity (Wildman–Crippen MR) is 55.0 cm³/mol. The minimum atomic E-state index is 0.333. The van der Waals surface area contributed by atoms with Crippen molar-refractivity contribution in [3.05, 3.63) is 0 Å². The number of rotatable bonds is 8. The van der Waals surface area contributed by atoms with Crippen molar-refractivity contribution in [2.24, 2.45) is 0 Å². The van der Waals surface area contributed by atoms with Crippen molar-refractivity contribution in [1.82, 2.24) is 5.32 Å². The number of methoxy groups -OCH3 is 1. The Bertz CT molecular complexity index is 109. The van der Waals surface area contributed by atoms with Crippen LogP contribution in [-0.4, -0.2) is 39.5 Å². The Balaban J connectivity index is 3.24. The van der Waals surface area contributed by atoms with E-state index in [2.05, 4.69) is 19.2 Å². The molecule has 80 valence electrons. The smallest absolute Gasteiger partial charge is 0.0561 e.